The molecule has 1 aromatic rings. The van der Waals surface area contributed by atoms with E-state index in [1.807, 2.05) is 38.1 Å². The van der Waals surface area contributed by atoms with Crippen LogP contribution in [0.2, 0.25) is 0 Å². The van der Waals surface area contributed by atoms with Gasteiger partial charge in [-0.3, -0.25) is 4.79 Å². The number of hydrogen-bond acceptors (Lipinski definition) is 3. The fourth-order valence-electron chi connectivity index (χ4n) is 1.49. The van der Waals surface area contributed by atoms with Crippen molar-refractivity contribution in [2.45, 2.75) is 26.7 Å². The Balaban J connectivity index is 2.34. The highest BCUT2D eigenvalue weighted by atomic mass is 16.3. The zero-order valence-electron chi connectivity index (χ0n) is 11.1. The van der Waals surface area contributed by atoms with Crippen molar-refractivity contribution in [3.05, 3.63) is 29.8 Å². The summed E-state index contributed by atoms with van der Waals surface area (Å²) in [4.78, 5) is 11.6. The topological polar surface area (TPSA) is 75.3 Å². The van der Waals surface area contributed by atoms with Crippen molar-refractivity contribution in [2.24, 2.45) is 5.41 Å². The normalized spacial score (nSPS) is 11.3. The maximum absolute atomic E-state index is 11.6. The van der Waals surface area contributed by atoms with Crippen LogP contribution in [0.15, 0.2) is 24.3 Å². The van der Waals surface area contributed by atoms with E-state index in [9.17, 15) is 4.79 Å². The predicted octanol–water partition coefficient (Wildman–Crippen LogP) is 1.34. The highest BCUT2D eigenvalue weighted by molar-refractivity contribution is 5.76. The molecule has 0 saturated carbocycles. The van der Waals surface area contributed by atoms with Gasteiger partial charge in [0, 0.05) is 30.7 Å². The van der Waals surface area contributed by atoms with Crippen LogP contribution in [-0.4, -0.2) is 24.2 Å². The van der Waals surface area contributed by atoms with Gasteiger partial charge in [-0.2, -0.15) is 0 Å². The number of benzene rings is 1. The van der Waals surface area contributed by atoms with Gasteiger partial charge in [-0.05, 0) is 24.1 Å². The quantitative estimate of drug-likeness (QED) is 0.667. The van der Waals surface area contributed by atoms with E-state index < -0.39 is 0 Å². The third-order valence-corrected chi connectivity index (χ3v) is 2.78. The van der Waals surface area contributed by atoms with Crippen LogP contribution in [0.5, 0.6) is 0 Å². The molecule has 0 aliphatic heterocycles. The number of aryl methyl sites for hydroxylation is 1. The summed E-state index contributed by atoms with van der Waals surface area (Å²) in [5, 5.41) is 11.9. The summed E-state index contributed by atoms with van der Waals surface area (Å²) in [7, 11) is 0. The maximum atomic E-state index is 11.6. The van der Waals surface area contributed by atoms with E-state index in [4.69, 9.17) is 10.8 Å². The minimum Gasteiger partial charge on any atom is -0.399 e. The van der Waals surface area contributed by atoms with E-state index in [0.29, 0.717) is 25.1 Å². The van der Waals surface area contributed by atoms with Crippen molar-refractivity contribution in [3.63, 3.8) is 0 Å². The zero-order chi connectivity index (χ0) is 13.6. The molecule has 0 spiro atoms. The molecule has 1 rings (SSSR count). The standard InChI is InChI=1S/C14H22N2O2/c1-14(2,10-17)9-16-13(18)7-6-11-4-3-5-12(15)8-11/h3-5,8,17H,6-7,9-10,15H2,1-2H3,(H,16,18). The first-order valence-electron chi connectivity index (χ1n) is 6.15. The highest BCUT2D eigenvalue weighted by Crippen LogP contribution is 2.12. The van der Waals surface area contributed by atoms with Crippen LogP contribution >= 0.6 is 0 Å². The van der Waals surface area contributed by atoms with Gasteiger partial charge in [-0.25, -0.2) is 0 Å². The van der Waals surface area contributed by atoms with Gasteiger partial charge in [0.15, 0.2) is 0 Å². The molecule has 100 valence electrons. The molecule has 1 amide bonds. The average molecular weight is 250 g/mol. The van der Waals surface area contributed by atoms with E-state index in [1.165, 1.54) is 0 Å². The number of hydrogen-bond donors (Lipinski definition) is 3. The highest BCUT2D eigenvalue weighted by Gasteiger charge is 2.17. The van der Waals surface area contributed by atoms with Crippen molar-refractivity contribution in [2.75, 3.05) is 18.9 Å². The molecule has 1 aromatic carbocycles. The van der Waals surface area contributed by atoms with Crippen LogP contribution in [0.25, 0.3) is 0 Å². The Labute approximate surface area is 108 Å². The van der Waals surface area contributed by atoms with Crippen LogP contribution in [0.1, 0.15) is 25.8 Å². The Morgan fingerprint density at radius 2 is 2.17 bits per heavy atom. The van der Waals surface area contributed by atoms with Gasteiger partial charge in [-0.1, -0.05) is 26.0 Å². The molecule has 0 fully saturated rings. The Hall–Kier alpha value is -1.55. The molecule has 4 heteroatoms. The largest absolute Gasteiger partial charge is 0.399 e. The SMILES string of the molecule is CC(C)(CO)CNC(=O)CCc1cccc(N)c1. The fraction of sp³-hybridized carbons (Fsp3) is 0.500. The van der Waals surface area contributed by atoms with E-state index >= 15 is 0 Å². The number of nitrogens with two attached hydrogens (primary N) is 1. The van der Waals surface area contributed by atoms with Gasteiger partial charge in [-0.15, -0.1) is 0 Å². The lowest BCUT2D eigenvalue weighted by atomic mass is 9.95. The molecular formula is C14H22N2O2. The molecule has 18 heavy (non-hydrogen) atoms. The minimum absolute atomic E-state index is 0.000973. The van der Waals surface area contributed by atoms with Crippen molar-refractivity contribution in [3.8, 4) is 0 Å². The Bertz CT molecular complexity index is 403. The van der Waals surface area contributed by atoms with Gasteiger partial charge in [0.1, 0.15) is 0 Å². The summed E-state index contributed by atoms with van der Waals surface area (Å²) in [5.41, 5.74) is 7.18. The fourth-order valence-corrected chi connectivity index (χ4v) is 1.49. The van der Waals surface area contributed by atoms with Crippen LogP contribution in [-0.2, 0) is 11.2 Å². The summed E-state index contributed by atoms with van der Waals surface area (Å²) in [6.07, 6.45) is 1.11. The number of aliphatic hydroxyl groups excluding tert-OH is 1. The monoisotopic (exact) mass is 250 g/mol. The molecule has 0 aliphatic rings. The molecule has 0 bridgehead atoms. The summed E-state index contributed by atoms with van der Waals surface area (Å²) in [6.45, 7) is 4.36. The molecule has 4 nitrogen and oxygen atoms in total. The molecule has 4 N–H and O–H groups in total. The van der Waals surface area contributed by atoms with Crippen LogP contribution in [0, 0.1) is 5.41 Å². The van der Waals surface area contributed by atoms with Crippen LogP contribution in [0.4, 0.5) is 5.69 Å². The Kier molecular flexibility index (Phi) is 5.16. The second kappa shape index (κ2) is 6.40. The van der Waals surface area contributed by atoms with Gasteiger partial charge >= 0.3 is 0 Å². The molecule has 0 atom stereocenters. The molecule has 0 heterocycles. The predicted molar refractivity (Wildman–Crippen MR) is 73.1 cm³/mol. The number of nitrogens with one attached hydrogen (secondary N) is 1. The van der Waals surface area contributed by atoms with E-state index in [0.717, 1.165) is 5.56 Å². The summed E-state index contributed by atoms with van der Waals surface area (Å²) >= 11 is 0. The smallest absolute Gasteiger partial charge is 0.220 e. The number of anilines is 1. The third-order valence-electron chi connectivity index (χ3n) is 2.78. The number of aliphatic hydroxyl groups is 1. The van der Waals surface area contributed by atoms with Gasteiger partial charge in [0.2, 0.25) is 5.91 Å². The average Bonchev–Trinajstić information content (AvgIpc) is 2.34. The van der Waals surface area contributed by atoms with Crippen molar-refractivity contribution >= 4 is 11.6 Å². The van der Waals surface area contributed by atoms with Gasteiger partial charge in [0.25, 0.3) is 0 Å². The number of rotatable bonds is 6. The Morgan fingerprint density at radius 1 is 1.44 bits per heavy atom. The molecule has 0 radical (unpaired) electrons. The molecule has 0 unspecified atom stereocenters. The number of amides is 1. The first kappa shape index (κ1) is 14.5. The van der Waals surface area contributed by atoms with Crippen molar-refractivity contribution in [1.82, 2.24) is 5.32 Å². The summed E-state index contributed by atoms with van der Waals surface area (Å²) in [5.74, 6) is -0.000973. The zero-order valence-corrected chi connectivity index (χ0v) is 11.1. The van der Waals surface area contributed by atoms with E-state index in [-0.39, 0.29) is 17.9 Å². The first-order chi connectivity index (χ1) is 8.43. The Morgan fingerprint density at radius 3 is 2.78 bits per heavy atom. The summed E-state index contributed by atoms with van der Waals surface area (Å²) in [6, 6.07) is 7.55. The van der Waals surface area contributed by atoms with Gasteiger partial charge < -0.3 is 16.2 Å². The summed E-state index contributed by atoms with van der Waals surface area (Å²) < 4.78 is 0. The van der Waals surface area contributed by atoms with Crippen LogP contribution in [0.3, 0.4) is 0 Å². The molecule has 0 saturated heterocycles. The number of carbonyl (C=O) groups is 1. The third kappa shape index (κ3) is 5.19. The van der Waals surface area contributed by atoms with E-state index in [1.54, 1.807) is 0 Å². The van der Waals surface area contributed by atoms with Crippen molar-refractivity contribution < 1.29 is 9.90 Å². The lowest BCUT2D eigenvalue weighted by molar-refractivity contribution is -0.121. The molecule has 0 aliphatic carbocycles. The lowest BCUT2D eigenvalue weighted by Gasteiger charge is -2.21. The second-order valence-electron chi connectivity index (χ2n) is 5.34. The first-order valence-corrected chi connectivity index (χ1v) is 6.15. The lowest BCUT2D eigenvalue weighted by Crippen LogP contribution is -2.36. The van der Waals surface area contributed by atoms with Crippen molar-refractivity contribution in [1.29, 1.82) is 0 Å². The van der Waals surface area contributed by atoms with Crippen LogP contribution < -0.4 is 11.1 Å². The van der Waals surface area contributed by atoms with E-state index in [2.05, 4.69) is 5.32 Å². The van der Waals surface area contributed by atoms with Gasteiger partial charge in [0.05, 0.1) is 0 Å². The molecule has 0 aromatic heterocycles. The minimum atomic E-state index is -0.271. The maximum Gasteiger partial charge on any atom is 0.220 e. The second-order valence-corrected chi connectivity index (χ2v) is 5.34. The molecular weight excluding hydrogens is 228 g/mol. The number of nitrogen functional groups attached to an aromatic ring is 1. The number of carbonyl (C=O) groups excluding carboxylic acids is 1.